The number of hydrogen-bond acceptors (Lipinski definition) is 5. The third-order valence-corrected chi connectivity index (χ3v) is 5.60. The van der Waals surface area contributed by atoms with Gasteiger partial charge in [0.05, 0.1) is 4.58 Å². The standard InChI is InChI=1S/C13H18N2O2S2/c1-15(2)14-12(16)9-17-11-5-3-10(4-6-11)13-18-7-8-19-13/h3-6,13H,7-9H2,1-2H3,(H,14,16). The van der Waals surface area contributed by atoms with E-state index < -0.39 is 0 Å². The van der Waals surface area contributed by atoms with Crippen LogP contribution >= 0.6 is 23.5 Å². The van der Waals surface area contributed by atoms with Crippen molar-refractivity contribution < 1.29 is 9.53 Å². The second-order valence-corrected chi connectivity index (χ2v) is 7.08. The van der Waals surface area contributed by atoms with Crippen LogP contribution in [0.3, 0.4) is 0 Å². The second-order valence-electron chi connectivity index (χ2n) is 4.36. The molecule has 0 unspecified atom stereocenters. The normalized spacial score (nSPS) is 15.7. The molecule has 0 saturated carbocycles. The van der Waals surface area contributed by atoms with Gasteiger partial charge in [-0.25, -0.2) is 5.01 Å². The Morgan fingerprint density at radius 1 is 1.32 bits per heavy atom. The fraction of sp³-hybridized carbons (Fsp3) is 0.462. The molecule has 4 nitrogen and oxygen atoms in total. The van der Waals surface area contributed by atoms with E-state index in [0.29, 0.717) is 4.58 Å². The number of thioether (sulfide) groups is 2. The lowest BCUT2D eigenvalue weighted by molar-refractivity contribution is -0.126. The Balaban J connectivity index is 1.83. The lowest BCUT2D eigenvalue weighted by Crippen LogP contribution is -2.39. The predicted octanol–water partition coefficient (Wildman–Crippen LogP) is 2.14. The molecule has 0 radical (unpaired) electrons. The van der Waals surface area contributed by atoms with Crippen molar-refractivity contribution in [3.63, 3.8) is 0 Å². The average molecular weight is 298 g/mol. The monoisotopic (exact) mass is 298 g/mol. The minimum atomic E-state index is -0.156. The molecule has 1 aromatic carbocycles. The first-order valence-corrected chi connectivity index (χ1v) is 8.17. The Morgan fingerprint density at radius 2 is 1.95 bits per heavy atom. The van der Waals surface area contributed by atoms with Gasteiger partial charge in [-0.3, -0.25) is 10.2 Å². The molecule has 1 saturated heterocycles. The quantitative estimate of drug-likeness (QED) is 0.844. The van der Waals surface area contributed by atoms with Crippen molar-refractivity contribution in [1.82, 2.24) is 10.4 Å². The van der Waals surface area contributed by atoms with Gasteiger partial charge in [-0.05, 0) is 17.7 Å². The van der Waals surface area contributed by atoms with Gasteiger partial charge in [0.25, 0.3) is 5.91 Å². The largest absolute Gasteiger partial charge is 0.484 e. The van der Waals surface area contributed by atoms with Crippen LogP contribution in [-0.4, -0.2) is 43.1 Å². The molecule has 1 fully saturated rings. The Labute approximate surface area is 122 Å². The SMILES string of the molecule is CN(C)NC(=O)COc1ccc(C2SCCS2)cc1. The third-order valence-electron chi connectivity index (χ3n) is 2.49. The maximum Gasteiger partial charge on any atom is 0.272 e. The fourth-order valence-electron chi connectivity index (χ4n) is 1.70. The number of nitrogens with zero attached hydrogens (tertiary/aromatic N) is 1. The van der Waals surface area contributed by atoms with Crippen LogP contribution in [0.2, 0.25) is 0 Å². The van der Waals surface area contributed by atoms with Gasteiger partial charge in [0, 0.05) is 25.6 Å². The third kappa shape index (κ3) is 4.63. The van der Waals surface area contributed by atoms with Crippen molar-refractivity contribution >= 4 is 29.4 Å². The number of benzene rings is 1. The van der Waals surface area contributed by atoms with Crippen LogP contribution in [0.25, 0.3) is 0 Å². The molecule has 104 valence electrons. The summed E-state index contributed by atoms with van der Waals surface area (Å²) in [6.07, 6.45) is 0. The average Bonchev–Trinajstić information content (AvgIpc) is 2.90. The van der Waals surface area contributed by atoms with E-state index in [9.17, 15) is 4.79 Å². The van der Waals surface area contributed by atoms with Crippen molar-refractivity contribution in [2.45, 2.75) is 4.58 Å². The summed E-state index contributed by atoms with van der Waals surface area (Å²) in [6.45, 7) is 0.0322. The molecule has 1 N–H and O–H groups in total. The highest BCUT2D eigenvalue weighted by molar-refractivity contribution is 8.19. The molecular formula is C13H18N2O2S2. The second kappa shape index (κ2) is 7.07. The van der Waals surface area contributed by atoms with E-state index >= 15 is 0 Å². The van der Waals surface area contributed by atoms with Gasteiger partial charge in [0.2, 0.25) is 0 Å². The highest BCUT2D eigenvalue weighted by Crippen LogP contribution is 2.45. The molecule has 1 aliphatic heterocycles. The number of carbonyl (C=O) groups is 1. The van der Waals surface area contributed by atoms with Gasteiger partial charge >= 0.3 is 0 Å². The highest BCUT2D eigenvalue weighted by atomic mass is 32.2. The Morgan fingerprint density at radius 3 is 2.53 bits per heavy atom. The van der Waals surface area contributed by atoms with Gasteiger partial charge in [0.1, 0.15) is 5.75 Å². The smallest absolute Gasteiger partial charge is 0.272 e. The van der Waals surface area contributed by atoms with Gasteiger partial charge < -0.3 is 4.74 Å². The van der Waals surface area contributed by atoms with Crippen LogP contribution in [0.5, 0.6) is 5.75 Å². The number of ether oxygens (including phenoxy) is 1. The lowest BCUT2D eigenvalue weighted by atomic mass is 10.2. The van der Waals surface area contributed by atoms with E-state index in [1.54, 1.807) is 19.1 Å². The van der Waals surface area contributed by atoms with Gasteiger partial charge in [-0.1, -0.05) is 12.1 Å². The first-order chi connectivity index (χ1) is 9.15. The fourth-order valence-corrected chi connectivity index (χ4v) is 4.56. The predicted molar refractivity (Wildman–Crippen MR) is 81.4 cm³/mol. The summed E-state index contributed by atoms with van der Waals surface area (Å²) in [5, 5.41) is 1.60. The van der Waals surface area contributed by atoms with Crippen molar-refractivity contribution in [2.24, 2.45) is 0 Å². The van der Waals surface area contributed by atoms with Crippen molar-refractivity contribution in [3.05, 3.63) is 29.8 Å². The zero-order valence-electron chi connectivity index (χ0n) is 11.1. The maximum atomic E-state index is 11.4. The van der Waals surface area contributed by atoms with Crippen LogP contribution in [0.4, 0.5) is 0 Å². The molecule has 0 atom stereocenters. The van der Waals surface area contributed by atoms with Gasteiger partial charge in [-0.15, -0.1) is 23.5 Å². The van der Waals surface area contributed by atoms with Crippen LogP contribution < -0.4 is 10.2 Å². The number of amides is 1. The molecule has 0 spiro atoms. The summed E-state index contributed by atoms with van der Waals surface area (Å²) in [5.74, 6) is 3.01. The molecule has 0 aromatic heterocycles. The van der Waals surface area contributed by atoms with Crippen molar-refractivity contribution in [3.8, 4) is 5.75 Å². The van der Waals surface area contributed by atoms with Gasteiger partial charge in [0.15, 0.2) is 6.61 Å². The molecule has 1 heterocycles. The van der Waals surface area contributed by atoms with E-state index in [1.165, 1.54) is 17.1 Å². The number of hydrazine groups is 1. The van der Waals surface area contributed by atoms with Crippen molar-refractivity contribution in [2.75, 3.05) is 32.2 Å². The first kappa shape index (κ1) is 14.6. The Hall–Kier alpha value is -0.850. The molecule has 2 rings (SSSR count). The van der Waals surface area contributed by atoms with Crippen LogP contribution in [-0.2, 0) is 4.79 Å². The maximum absolute atomic E-state index is 11.4. The number of carbonyl (C=O) groups excluding carboxylic acids is 1. The summed E-state index contributed by atoms with van der Waals surface area (Å²) in [5.41, 5.74) is 3.95. The van der Waals surface area contributed by atoms with E-state index in [4.69, 9.17) is 4.74 Å². The van der Waals surface area contributed by atoms with Crippen molar-refractivity contribution in [1.29, 1.82) is 0 Å². The minimum absolute atomic E-state index is 0.0322. The number of nitrogens with one attached hydrogen (secondary N) is 1. The molecule has 6 heteroatoms. The molecule has 0 bridgehead atoms. The molecule has 19 heavy (non-hydrogen) atoms. The summed E-state index contributed by atoms with van der Waals surface area (Å²) in [6, 6.07) is 8.01. The molecule has 1 amide bonds. The Kier molecular flexibility index (Phi) is 5.42. The topological polar surface area (TPSA) is 41.6 Å². The lowest BCUT2D eigenvalue weighted by Gasteiger charge is -2.13. The van der Waals surface area contributed by atoms with Crippen LogP contribution in [0.15, 0.2) is 24.3 Å². The van der Waals surface area contributed by atoms with E-state index in [0.717, 1.165) is 5.75 Å². The van der Waals surface area contributed by atoms with E-state index in [-0.39, 0.29) is 12.5 Å². The molecular weight excluding hydrogens is 280 g/mol. The summed E-state index contributed by atoms with van der Waals surface area (Å²) < 4.78 is 5.98. The number of rotatable bonds is 5. The summed E-state index contributed by atoms with van der Waals surface area (Å²) in [4.78, 5) is 11.4. The zero-order chi connectivity index (χ0) is 13.7. The van der Waals surface area contributed by atoms with Crippen LogP contribution in [0.1, 0.15) is 10.1 Å². The Bertz CT molecular complexity index is 417. The summed E-state index contributed by atoms with van der Waals surface area (Å²) in [7, 11) is 3.53. The molecule has 1 aliphatic rings. The molecule has 1 aromatic rings. The zero-order valence-corrected chi connectivity index (χ0v) is 12.7. The van der Waals surface area contributed by atoms with Crippen LogP contribution in [0, 0.1) is 0 Å². The number of hydrogen-bond donors (Lipinski definition) is 1. The summed E-state index contributed by atoms with van der Waals surface area (Å²) >= 11 is 3.96. The van der Waals surface area contributed by atoms with Gasteiger partial charge in [-0.2, -0.15) is 0 Å². The van der Waals surface area contributed by atoms with E-state index in [2.05, 4.69) is 17.6 Å². The van der Waals surface area contributed by atoms with E-state index in [1.807, 2.05) is 35.7 Å². The molecule has 0 aliphatic carbocycles. The first-order valence-electron chi connectivity index (χ1n) is 6.08. The highest BCUT2D eigenvalue weighted by Gasteiger charge is 2.17. The minimum Gasteiger partial charge on any atom is -0.484 e.